The summed E-state index contributed by atoms with van der Waals surface area (Å²) in [6.45, 7) is 5.98. The van der Waals surface area contributed by atoms with Gasteiger partial charge in [-0.2, -0.15) is 0 Å². The minimum atomic E-state index is -0.549. The van der Waals surface area contributed by atoms with Gasteiger partial charge in [-0.15, -0.1) is 11.3 Å². The molecular formula is C21H21FN2OS. The number of carbonyl (C=O) groups excluding carboxylic acids is 1. The van der Waals surface area contributed by atoms with E-state index in [0.717, 1.165) is 16.3 Å². The summed E-state index contributed by atoms with van der Waals surface area (Å²) in [7, 11) is 0. The van der Waals surface area contributed by atoms with Gasteiger partial charge in [-0.05, 0) is 24.3 Å². The molecule has 0 saturated carbocycles. The lowest BCUT2D eigenvalue weighted by Gasteiger charge is -2.29. The van der Waals surface area contributed by atoms with E-state index in [2.05, 4.69) is 4.98 Å². The Morgan fingerprint density at radius 3 is 2.35 bits per heavy atom. The van der Waals surface area contributed by atoms with Crippen molar-refractivity contribution in [3.63, 3.8) is 0 Å². The summed E-state index contributed by atoms with van der Waals surface area (Å²) >= 11 is 1.55. The maximum atomic E-state index is 13.3. The lowest BCUT2D eigenvalue weighted by molar-refractivity contribution is -0.125. The number of halogens is 1. The van der Waals surface area contributed by atoms with E-state index in [1.54, 1.807) is 28.4 Å². The third-order valence-corrected chi connectivity index (χ3v) is 4.86. The van der Waals surface area contributed by atoms with Crippen molar-refractivity contribution in [1.82, 2.24) is 4.98 Å². The van der Waals surface area contributed by atoms with Gasteiger partial charge in [0.25, 0.3) is 0 Å². The Bertz CT molecular complexity index is 882. The van der Waals surface area contributed by atoms with E-state index in [1.807, 2.05) is 56.5 Å². The van der Waals surface area contributed by atoms with Crippen molar-refractivity contribution < 1.29 is 9.18 Å². The molecule has 2 aromatic carbocycles. The van der Waals surface area contributed by atoms with Gasteiger partial charge in [0.15, 0.2) is 0 Å². The molecule has 3 rings (SSSR count). The van der Waals surface area contributed by atoms with Crippen LogP contribution >= 0.6 is 11.3 Å². The molecule has 26 heavy (non-hydrogen) atoms. The summed E-state index contributed by atoms with van der Waals surface area (Å²) in [4.78, 5) is 19.3. The topological polar surface area (TPSA) is 33.2 Å². The Hall–Kier alpha value is -2.53. The molecule has 0 aliphatic rings. The molecule has 0 saturated heterocycles. The number of amides is 1. The number of rotatable bonds is 4. The number of carbonyl (C=O) groups is 1. The largest absolute Gasteiger partial charge is 0.306 e. The fourth-order valence-electron chi connectivity index (χ4n) is 2.56. The Balaban J connectivity index is 1.90. The van der Waals surface area contributed by atoms with E-state index in [1.165, 1.54) is 12.1 Å². The standard InChI is InChI=1S/C21H21FN2OS/c1-21(2,3)20(25)24(18-11-9-16(22)10-12-18)13-17-14-26-19(23-17)15-7-5-4-6-8-15/h4-12,14H,13H2,1-3H3. The molecule has 0 bridgehead atoms. The van der Waals surface area contributed by atoms with Gasteiger partial charge in [-0.25, -0.2) is 9.37 Å². The van der Waals surface area contributed by atoms with Crippen LogP contribution in [-0.2, 0) is 11.3 Å². The zero-order valence-corrected chi connectivity index (χ0v) is 15.9. The predicted molar refractivity (Wildman–Crippen MR) is 105 cm³/mol. The molecule has 0 fully saturated rings. The molecule has 3 aromatic rings. The highest BCUT2D eigenvalue weighted by atomic mass is 32.1. The molecular weight excluding hydrogens is 347 g/mol. The first-order valence-electron chi connectivity index (χ1n) is 8.42. The van der Waals surface area contributed by atoms with Crippen molar-refractivity contribution >= 4 is 22.9 Å². The molecule has 3 nitrogen and oxygen atoms in total. The van der Waals surface area contributed by atoms with Crippen LogP contribution in [0, 0.1) is 11.2 Å². The number of anilines is 1. The lowest BCUT2D eigenvalue weighted by Crippen LogP contribution is -2.39. The van der Waals surface area contributed by atoms with Crippen molar-refractivity contribution in [3.05, 3.63) is 71.5 Å². The van der Waals surface area contributed by atoms with Gasteiger partial charge in [0.2, 0.25) is 5.91 Å². The molecule has 0 spiro atoms. The molecule has 0 atom stereocenters. The summed E-state index contributed by atoms with van der Waals surface area (Å²) in [6, 6.07) is 15.9. The van der Waals surface area contributed by atoms with Crippen LogP contribution in [0.4, 0.5) is 10.1 Å². The van der Waals surface area contributed by atoms with Gasteiger partial charge < -0.3 is 4.90 Å². The molecule has 0 unspecified atom stereocenters. The maximum absolute atomic E-state index is 13.3. The summed E-state index contributed by atoms with van der Waals surface area (Å²) in [5.41, 5.74) is 1.99. The van der Waals surface area contributed by atoms with E-state index in [9.17, 15) is 9.18 Å². The van der Waals surface area contributed by atoms with E-state index in [-0.39, 0.29) is 11.7 Å². The number of aromatic nitrogens is 1. The summed E-state index contributed by atoms with van der Waals surface area (Å²) in [5.74, 6) is -0.352. The van der Waals surface area contributed by atoms with E-state index >= 15 is 0 Å². The molecule has 1 aromatic heterocycles. The van der Waals surface area contributed by atoms with Crippen LogP contribution in [0.3, 0.4) is 0 Å². The zero-order chi connectivity index (χ0) is 18.7. The smallest absolute Gasteiger partial charge is 0.232 e. The van der Waals surface area contributed by atoms with Gasteiger partial charge in [0.1, 0.15) is 10.8 Å². The number of thiazole rings is 1. The molecule has 0 aliphatic carbocycles. The Morgan fingerprint density at radius 1 is 1.08 bits per heavy atom. The molecule has 5 heteroatoms. The molecule has 1 heterocycles. The first kappa shape index (κ1) is 18.3. The Kier molecular flexibility index (Phi) is 5.18. The average Bonchev–Trinajstić information content (AvgIpc) is 3.09. The number of hydrogen-bond donors (Lipinski definition) is 0. The van der Waals surface area contributed by atoms with Gasteiger partial charge in [-0.3, -0.25) is 4.79 Å². The fourth-order valence-corrected chi connectivity index (χ4v) is 3.38. The lowest BCUT2D eigenvalue weighted by atomic mass is 9.94. The van der Waals surface area contributed by atoms with Crippen molar-refractivity contribution in [2.45, 2.75) is 27.3 Å². The van der Waals surface area contributed by atoms with Gasteiger partial charge in [0, 0.05) is 22.0 Å². The van der Waals surface area contributed by atoms with Crippen LogP contribution in [-0.4, -0.2) is 10.9 Å². The fraction of sp³-hybridized carbons (Fsp3) is 0.238. The SMILES string of the molecule is CC(C)(C)C(=O)N(Cc1csc(-c2ccccc2)n1)c1ccc(F)cc1. The first-order chi connectivity index (χ1) is 12.3. The summed E-state index contributed by atoms with van der Waals surface area (Å²) in [6.07, 6.45) is 0. The Morgan fingerprint density at radius 2 is 1.73 bits per heavy atom. The van der Waals surface area contributed by atoms with Crippen molar-refractivity contribution in [2.75, 3.05) is 4.90 Å². The highest BCUT2D eigenvalue weighted by Gasteiger charge is 2.29. The van der Waals surface area contributed by atoms with Gasteiger partial charge in [-0.1, -0.05) is 51.1 Å². The minimum absolute atomic E-state index is 0.0293. The monoisotopic (exact) mass is 368 g/mol. The molecule has 0 aliphatic heterocycles. The number of benzene rings is 2. The van der Waals surface area contributed by atoms with Crippen LogP contribution in [0.1, 0.15) is 26.5 Å². The second-order valence-electron chi connectivity index (χ2n) is 7.13. The van der Waals surface area contributed by atoms with Crippen molar-refractivity contribution in [2.24, 2.45) is 5.41 Å². The van der Waals surface area contributed by atoms with E-state index in [0.29, 0.717) is 12.2 Å². The van der Waals surface area contributed by atoms with Crippen molar-refractivity contribution in [1.29, 1.82) is 0 Å². The second kappa shape index (κ2) is 7.38. The van der Waals surface area contributed by atoms with Crippen LogP contribution in [0.5, 0.6) is 0 Å². The van der Waals surface area contributed by atoms with Crippen LogP contribution in [0.15, 0.2) is 60.0 Å². The minimum Gasteiger partial charge on any atom is -0.306 e. The highest BCUT2D eigenvalue weighted by molar-refractivity contribution is 7.13. The number of nitrogens with zero attached hydrogens (tertiary/aromatic N) is 2. The zero-order valence-electron chi connectivity index (χ0n) is 15.1. The predicted octanol–water partition coefficient (Wildman–Crippen LogP) is 5.53. The third-order valence-electron chi connectivity index (χ3n) is 3.92. The quantitative estimate of drug-likeness (QED) is 0.607. The summed E-state index contributed by atoms with van der Waals surface area (Å²) in [5, 5.41) is 2.89. The number of hydrogen-bond acceptors (Lipinski definition) is 3. The molecule has 0 N–H and O–H groups in total. The van der Waals surface area contributed by atoms with E-state index in [4.69, 9.17) is 0 Å². The third kappa shape index (κ3) is 4.17. The van der Waals surface area contributed by atoms with Gasteiger partial charge >= 0.3 is 0 Å². The second-order valence-corrected chi connectivity index (χ2v) is 7.99. The Labute approximate surface area is 157 Å². The highest BCUT2D eigenvalue weighted by Crippen LogP contribution is 2.28. The maximum Gasteiger partial charge on any atom is 0.232 e. The summed E-state index contributed by atoms with van der Waals surface area (Å²) < 4.78 is 13.3. The van der Waals surface area contributed by atoms with E-state index < -0.39 is 5.41 Å². The van der Waals surface area contributed by atoms with Crippen LogP contribution < -0.4 is 4.90 Å². The normalized spacial score (nSPS) is 11.4. The average molecular weight is 368 g/mol. The first-order valence-corrected chi connectivity index (χ1v) is 9.30. The molecule has 0 radical (unpaired) electrons. The van der Waals surface area contributed by atoms with Crippen LogP contribution in [0.25, 0.3) is 10.6 Å². The van der Waals surface area contributed by atoms with Crippen LogP contribution in [0.2, 0.25) is 0 Å². The van der Waals surface area contributed by atoms with Gasteiger partial charge in [0.05, 0.1) is 12.2 Å². The molecule has 1 amide bonds. The van der Waals surface area contributed by atoms with Crippen molar-refractivity contribution in [3.8, 4) is 10.6 Å². The molecule has 134 valence electrons.